The normalized spacial score (nSPS) is 11.8. The molecule has 0 aliphatic heterocycles. The topological polar surface area (TPSA) is 83.5 Å². The van der Waals surface area contributed by atoms with Gasteiger partial charge in [0.1, 0.15) is 23.8 Å². The fourth-order valence-corrected chi connectivity index (χ4v) is 5.40. The number of thiazole rings is 1. The molecule has 3 aromatic carbocycles. The molecule has 3 heterocycles. The van der Waals surface area contributed by atoms with Crippen LogP contribution >= 0.6 is 11.3 Å². The fourth-order valence-electron chi connectivity index (χ4n) is 4.50. The van der Waals surface area contributed by atoms with Gasteiger partial charge in [-0.05, 0) is 79.1 Å². The monoisotopic (exact) mass is 589 g/mol. The first-order chi connectivity index (χ1) is 21.0. The van der Waals surface area contributed by atoms with E-state index >= 15 is 0 Å². The second kappa shape index (κ2) is 12.5. The largest absolute Gasteiger partial charge is 0.494 e. The molecule has 0 amide bonds. The molecule has 0 saturated carbocycles. The van der Waals surface area contributed by atoms with Crippen molar-refractivity contribution in [1.29, 1.82) is 0 Å². The number of ether oxygens (including phenoxy) is 2. The second-order valence-corrected chi connectivity index (χ2v) is 11.4. The second-order valence-electron chi connectivity index (χ2n) is 10.4. The molecule has 0 saturated heterocycles. The van der Waals surface area contributed by atoms with Crippen molar-refractivity contribution in [2.24, 2.45) is 5.92 Å². The summed E-state index contributed by atoms with van der Waals surface area (Å²) in [7, 11) is 0. The molecule has 0 N–H and O–H groups in total. The molecule has 3 aromatic heterocycles. The van der Waals surface area contributed by atoms with Gasteiger partial charge in [0, 0.05) is 22.9 Å². The molecular weight excluding hydrogens is 558 g/mol. The van der Waals surface area contributed by atoms with Crippen LogP contribution in [0.25, 0.3) is 39.4 Å². The minimum absolute atomic E-state index is 0.225. The summed E-state index contributed by atoms with van der Waals surface area (Å²) in [6.45, 7) is 9.14. The zero-order chi connectivity index (χ0) is 29.8. The number of hydrogen-bond donors (Lipinski definition) is 0. The third kappa shape index (κ3) is 6.27. The maximum absolute atomic E-state index is 13.4. The molecule has 0 fully saturated rings. The van der Waals surface area contributed by atoms with Crippen LogP contribution in [0.5, 0.6) is 11.5 Å². The quantitative estimate of drug-likeness (QED) is 0.167. The van der Waals surface area contributed by atoms with Crippen molar-refractivity contribution in [2.75, 3.05) is 13.2 Å². The summed E-state index contributed by atoms with van der Waals surface area (Å²) >= 11 is 1.30. The zero-order valence-electron chi connectivity index (χ0n) is 24.0. The van der Waals surface area contributed by atoms with Gasteiger partial charge in [-0.3, -0.25) is 4.79 Å². The number of hydrogen-bond acceptors (Lipinski definition) is 7. The van der Waals surface area contributed by atoms with E-state index < -0.39 is 0 Å². The number of para-hydroxylation sites is 1. The standard InChI is InChI=1S/C34H31N5O3S/c1-4-19-41-28-16-12-25(13-17-28)32-35-34-39(37-32)33(40)30(43-34)21-26-22-38(27-8-6-5-7-9-27)36-31(26)24-10-14-29(15-11-24)42-20-18-23(2)3/h4-17,21-23H,1,18-20H2,2-3H3. The molecule has 0 atom stereocenters. The van der Waals surface area contributed by atoms with Crippen molar-refractivity contribution in [2.45, 2.75) is 20.3 Å². The SMILES string of the molecule is C=CCOc1ccc(-c2nc3sc(=Cc4cn(-c5ccccc5)nc4-c4ccc(OCCC(C)C)cc4)c(=O)n3n2)cc1. The molecule has 216 valence electrons. The van der Waals surface area contributed by atoms with Crippen molar-refractivity contribution < 1.29 is 9.47 Å². The molecule has 43 heavy (non-hydrogen) atoms. The van der Waals surface area contributed by atoms with Gasteiger partial charge in [0.2, 0.25) is 4.96 Å². The lowest BCUT2D eigenvalue weighted by Crippen LogP contribution is -2.23. The van der Waals surface area contributed by atoms with E-state index in [2.05, 4.69) is 30.5 Å². The Bertz CT molecular complexity index is 1960. The maximum atomic E-state index is 13.4. The summed E-state index contributed by atoms with van der Waals surface area (Å²) in [6.07, 6.45) is 6.50. The van der Waals surface area contributed by atoms with Crippen LogP contribution in [0.2, 0.25) is 0 Å². The lowest BCUT2D eigenvalue weighted by molar-refractivity contribution is 0.289. The van der Waals surface area contributed by atoms with E-state index in [0.717, 1.165) is 46.0 Å². The van der Waals surface area contributed by atoms with Crippen LogP contribution < -0.4 is 19.6 Å². The number of rotatable bonds is 11. The Kier molecular flexibility index (Phi) is 8.15. The van der Waals surface area contributed by atoms with E-state index in [0.29, 0.717) is 34.4 Å². The molecule has 6 rings (SSSR count). The maximum Gasteiger partial charge on any atom is 0.291 e. The van der Waals surface area contributed by atoms with Gasteiger partial charge < -0.3 is 9.47 Å². The average molecular weight is 590 g/mol. The third-order valence-electron chi connectivity index (χ3n) is 6.80. The summed E-state index contributed by atoms with van der Waals surface area (Å²) in [5.41, 5.74) is 4.00. The molecule has 0 spiro atoms. The Hall–Kier alpha value is -5.02. The smallest absolute Gasteiger partial charge is 0.291 e. The van der Waals surface area contributed by atoms with E-state index in [4.69, 9.17) is 14.6 Å². The molecule has 9 heteroatoms. The van der Waals surface area contributed by atoms with E-state index in [1.54, 1.807) is 6.08 Å². The molecule has 0 radical (unpaired) electrons. The highest BCUT2D eigenvalue weighted by Gasteiger charge is 2.15. The van der Waals surface area contributed by atoms with Crippen molar-refractivity contribution in [3.8, 4) is 39.8 Å². The van der Waals surface area contributed by atoms with E-state index in [1.165, 1.54) is 15.9 Å². The van der Waals surface area contributed by atoms with Crippen LogP contribution in [0.1, 0.15) is 25.8 Å². The summed E-state index contributed by atoms with van der Waals surface area (Å²) in [4.78, 5) is 18.6. The minimum Gasteiger partial charge on any atom is -0.494 e. The summed E-state index contributed by atoms with van der Waals surface area (Å²) in [6, 6.07) is 25.3. The molecular formula is C34H31N5O3S. The fraction of sp³-hybridized carbons (Fsp3) is 0.176. The molecule has 0 unspecified atom stereocenters. The number of benzene rings is 3. The predicted octanol–water partition coefficient (Wildman–Crippen LogP) is 6.21. The highest BCUT2D eigenvalue weighted by molar-refractivity contribution is 7.15. The first-order valence-electron chi connectivity index (χ1n) is 14.1. The van der Waals surface area contributed by atoms with Gasteiger partial charge >= 0.3 is 0 Å². The van der Waals surface area contributed by atoms with Crippen LogP contribution in [-0.2, 0) is 0 Å². The lowest BCUT2D eigenvalue weighted by atomic mass is 10.1. The minimum atomic E-state index is -0.225. The van der Waals surface area contributed by atoms with Gasteiger partial charge in [0.25, 0.3) is 5.56 Å². The average Bonchev–Trinajstić information content (AvgIpc) is 3.72. The first-order valence-corrected chi connectivity index (χ1v) is 14.9. The highest BCUT2D eigenvalue weighted by Crippen LogP contribution is 2.27. The van der Waals surface area contributed by atoms with Gasteiger partial charge in [-0.15, -0.1) is 5.10 Å². The molecule has 0 aliphatic carbocycles. The van der Waals surface area contributed by atoms with Crippen molar-refractivity contribution in [1.82, 2.24) is 24.4 Å². The molecule has 0 aliphatic rings. The molecule has 0 bridgehead atoms. The number of nitrogens with zero attached hydrogens (tertiary/aromatic N) is 5. The molecule has 8 nitrogen and oxygen atoms in total. The summed E-state index contributed by atoms with van der Waals surface area (Å²) in [5, 5.41) is 9.41. The van der Waals surface area contributed by atoms with Gasteiger partial charge in [-0.2, -0.15) is 14.6 Å². The van der Waals surface area contributed by atoms with Crippen LogP contribution in [0.15, 0.2) is 103 Å². The van der Waals surface area contributed by atoms with Gasteiger partial charge in [0.15, 0.2) is 5.82 Å². The van der Waals surface area contributed by atoms with E-state index in [9.17, 15) is 4.79 Å². The summed E-state index contributed by atoms with van der Waals surface area (Å²) < 4.78 is 15.2. The third-order valence-corrected chi connectivity index (χ3v) is 7.76. The zero-order valence-corrected chi connectivity index (χ0v) is 24.8. The Balaban J connectivity index is 1.34. The van der Waals surface area contributed by atoms with E-state index in [-0.39, 0.29) is 5.56 Å². The Morgan fingerprint density at radius 3 is 2.28 bits per heavy atom. The number of aromatic nitrogens is 5. The number of fused-ring (bicyclic) bond motifs is 1. The Morgan fingerprint density at radius 1 is 0.907 bits per heavy atom. The van der Waals surface area contributed by atoms with Crippen molar-refractivity contribution >= 4 is 22.4 Å². The van der Waals surface area contributed by atoms with E-state index in [1.807, 2.05) is 95.8 Å². The van der Waals surface area contributed by atoms with Gasteiger partial charge in [0.05, 0.1) is 16.8 Å². The predicted molar refractivity (Wildman–Crippen MR) is 171 cm³/mol. The van der Waals surface area contributed by atoms with Crippen molar-refractivity contribution in [3.63, 3.8) is 0 Å². The Labute approximate surface area is 253 Å². The van der Waals surface area contributed by atoms with Crippen LogP contribution in [0.4, 0.5) is 0 Å². The first kappa shape index (κ1) is 28.1. The van der Waals surface area contributed by atoms with Crippen LogP contribution in [0, 0.1) is 5.92 Å². The molecule has 6 aromatic rings. The van der Waals surface area contributed by atoms with Gasteiger partial charge in [-0.25, -0.2) is 4.68 Å². The van der Waals surface area contributed by atoms with Crippen molar-refractivity contribution in [3.05, 3.63) is 118 Å². The van der Waals surface area contributed by atoms with Gasteiger partial charge in [-0.1, -0.05) is 56.0 Å². The van der Waals surface area contributed by atoms with Crippen LogP contribution in [-0.4, -0.2) is 37.6 Å². The van der Waals surface area contributed by atoms with Crippen LogP contribution in [0.3, 0.4) is 0 Å². The Morgan fingerprint density at radius 2 is 1.60 bits per heavy atom. The lowest BCUT2D eigenvalue weighted by Gasteiger charge is -2.08. The summed E-state index contributed by atoms with van der Waals surface area (Å²) in [5.74, 6) is 2.62. The highest BCUT2D eigenvalue weighted by atomic mass is 32.1.